The molecule has 2 unspecified atom stereocenters. The molecule has 1 rings (SSSR count). The number of hydrogen-bond acceptors (Lipinski definition) is 3. The number of rotatable bonds is 3. The lowest BCUT2D eigenvalue weighted by molar-refractivity contribution is 0.194. The van der Waals surface area contributed by atoms with Crippen molar-refractivity contribution in [3.8, 4) is 0 Å². The third-order valence-electron chi connectivity index (χ3n) is 2.75. The molecule has 1 aliphatic rings. The summed E-state index contributed by atoms with van der Waals surface area (Å²) in [5.74, 6) is -3.35. The maximum atomic E-state index is 12.3. The third-order valence-corrected chi connectivity index (χ3v) is 4.25. The van der Waals surface area contributed by atoms with Crippen LogP contribution in [0.4, 0.5) is 8.78 Å². The largest absolute Gasteiger partial charge is 0.350 e. The second-order valence-electron chi connectivity index (χ2n) is 3.93. The molecule has 0 spiro atoms. The van der Waals surface area contributed by atoms with Crippen LogP contribution in [0.25, 0.3) is 0 Å². The standard InChI is InChI=1S/C8H16F2N2O2S/c1-6(11)7-3-2-4-12(5-7)15(13,14)8(9)10/h6-8H,2-5,11H2,1H3. The fraction of sp³-hybridized carbons (Fsp3) is 1.00. The fourth-order valence-electron chi connectivity index (χ4n) is 1.75. The Bertz CT molecular complexity index is 306. The van der Waals surface area contributed by atoms with Gasteiger partial charge in [-0.3, -0.25) is 0 Å². The highest BCUT2D eigenvalue weighted by Crippen LogP contribution is 2.23. The Labute approximate surface area is 88.5 Å². The van der Waals surface area contributed by atoms with Gasteiger partial charge in [-0.1, -0.05) is 0 Å². The number of piperidine rings is 1. The SMILES string of the molecule is CC(N)C1CCCN(S(=O)(=O)C(F)F)C1. The molecule has 1 fully saturated rings. The van der Waals surface area contributed by atoms with Crippen molar-refractivity contribution in [1.82, 2.24) is 4.31 Å². The highest BCUT2D eigenvalue weighted by Gasteiger charge is 2.36. The summed E-state index contributed by atoms with van der Waals surface area (Å²) in [4.78, 5) is 0. The highest BCUT2D eigenvalue weighted by molar-refractivity contribution is 7.89. The zero-order valence-electron chi connectivity index (χ0n) is 8.57. The van der Waals surface area contributed by atoms with Crippen LogP contribution in [0.5, 0.6) is 0 Å². The Kier molecular flexibility index (Phi) is 4.02. The van der Waals surface area contributed by atoms with Crippen molar-refractivity contribution in [1.29, 1.82) is 0 Å². The minimum atomic E-state index is -4.42. The highest BCUT2D eigenvalue weighted by atomic mass is 32.2. The molecule has 0 aliphatic carbocycles. The zero-order valence-corrected chi connectivity index (χ0v) is 9.38. The fourth-order valence-corrected chi connectivity index (χ4v) is 2.76. The Morgan fingerprint density at radius 1 is 1.47 bits per heavy atom. The lowest BCUT2D eigenvalue weighted by Gasteiger charge is -2.33. The monoisotopic (exact) mass is 242 g/mol. The molecule has 0 radical (unpaired) electrons. The molecular weight excluding hydrogens is 226 g/mol. The van der Waals surface area contributed by atoms with E-state index in [9.17, 15) is 17.2 Å². The first-order valence-electron chi connectivity index (χ1n) is 4.88. The first kappa shape index (κ1) is 12.8. The van der Waals surface area contributed by atoms with E-state index >= 15 is 0 Å². The van der Waals surface area contributed by atoms with Gasteiger partial charge in [-0.15, -0.1) is 0 Å². The molecule has 1 aliphatic heterocycles. The van der Waals surface area contributed by atoms with Crippen molar-refractivity contribution < 1.29 is 17.2 Å². The lowest BCUT2D eigenvalue weighted by atomic mass is 9.93. The smallest absolute Gasteiger partial charge is 0.328 e. The van der Waals surface area contributed by atoms with Gasteiger partial charge in [0.05, 0.1) is 0 Å². The van der Waals surface area contributed by atoms with Crippen LogP contribution in [-0.4, -0.2) is 37.6 Å². The molecule has 2 N–H and O–H groups in total. The van der Waals surface area contributed by atoms with Crippen molar-refractivity contribution in [3.05, 3.63) is 0 Å². The first-order valence-corrected chi connectivity index (χ1v) is 6.38. The Balaban J connectivity index is 2.72. The topological polar surface area (TPSA) is 63.4 Å². The van der Waals surface area contributed by atoms with Crippen molar-refractivity contribution in [2.24, 2.45) is 11.7 Å². The molecule has 7 heteroatoms. The quantitative estimate of drug-likeness (QED) is 0.788. The molecule has 0 aromatic heterocycles. The molecule has 1 saturated heterocycles. The van der Waals surface area contributed by atoms with Crippen LogP contribution in [-0.2, 0) is 10.0 Å². The van der Waals surface area contributed by atoms with E-state index in [1.165, 1.54) is 0 Å². The van der Waals surface area contributed by atoms with Gasteiger partial charge < -0.3 is 5.73 Å². The Hall–Kier alpha value is -0.270. The van der Waals surface area contributed by atoms with Gasteiger partial charge in [0.1, 0.15) is 0 Å². The minimum absolute atomic E-state index is 0.0210. The Morgan fingerprint density at radius 3 is 2.53 bits per heavy atom. The Morgan fingerprint density at radius 2 is 2.07 bits per heavy atom. The second-order valence-corrected chi connectivity index (χ2v) is 5.83. The van der Waals surface area contributed by atoms with E-state index in [-0.39, 0.29) is 25.0 Å². The maximum absolute atomic E-state index is 12.3. The number of sulfonamides is 1. The van der Waals surface area contributed by atoms with E-state index in [2.05, 4.69) is 0 Å². The third kappa shape index (κ3) is 2.85. The maximum Gasteiger partial charge on any atom is 0.350 e. The van der Waals surface area contributed by atoms with Gasteiger partial charge in [0, 0.05) is 19.1 Å². The summed E-state index contributed by atoms with van der Waals surface area (Å²) < 4.78 is 47.8. The van der Waals surface area contributed by atoms with Gasteiger partial charge in [0.15, 0.2) is 0 Å². The van der Waals surface area contributed by atoms with Crippen molar-refractivity contribution in [2.75, 3.05) is 13.1 Å². The molecule has 0 aromatic carbocycles. The predicted molar refractivity (Wildman–Crippen MR) is 52.9 cm³/mol. The number of halogens is 2. The molecule has 4 nitrogen and oxygen atoms in total. The van der Waals surface area contributed by atoms with E-state index in [0.717, 1.165) is 10.7 Å². The summed E-state index contributed by atoms with van der Waals surface area (Å²) in [6.07, 6.45) is 1.39. The molecule has 0 bridgehead atoms. The lowest BCUT2D eigenvalue weighted by Crippen LogP contribution is -2.46. The van der Waals surface area contributed by atoms with Gasteiger partial charge in [-0.2, -0.15) is 13.1 Å². The number of nitrogens with two attached hydrogens (primary N) is 1. The van der Waals surface area contributed by atoms with E-state index in [4.69, 9.17) is 5.73 Å². The van der Waals surface area contributed by atoms with Crippen LogP contribution in [0.1, 0.15) is 19.8 Å². The first-order chi connectivity index (χ1) is 6.85. The van der Waals surface area contributed by atoms with E-state index in [1.807, 2.05) is 0 Å². The van der Waals surface area contributed by atoms with Gasteiger partial charge in [0.25, 0.3) is 10.0 Å². The average Bonchev–Trinajstić information content (AvgIpc) is 2.17. The average molecular weight is 242 g/mol. The van der Waals surface area contributed by atoms with Crippen molar-refractivity contribution in [2.45, 2.75) is 31.6 Å². The molecule has 15 heavy (non-hydrogen) atoms. The van der Waals surface area contributed by atoms with Crippen molar-refractivity contribution >= 4 is 10.0 Å². The molecule has 2 atom stereocenters. The minimum Gasteiger partial charge on any atom is -0.328 e. The van der Waals surface area contributed by atoms with Crippen LogP contribution in [0, 0.1) is 5.92 Å². The second kappa shape index (κ2) is 4.71. The number of alkyl halides is 2. The van der Waals surface area contributed by atoms with Crippen LogP contribution < -0.4 is 5.73 Å². The molecular formula is C8H16F2N2O2S. The zero-order chi connectivity index (χ0) is 11.6. The summed E-state index contributed by atoms with van der Waals surface area (Å²) in [5.41, 5.74) is 5.64. The van der Waals surface area contributed by atoms with Crippen LogP contribution in [0.15, 0.2) is 0 Å². The van der Waals surface area contributed by atoms with Crippen LogP contribution in [0.2, 0.25) is 0 Å². The van der Waals surface area contributed by atoms with Gasteiger partial charge in [-0.05, 0) is 25.7 Å². The van der Waals surface area contributed by atoms with Gasteiger partial charge >= 0.3 is 5.76 Å². The summed E-state index contributed by atoms with van der Waals surface area (Å²) >= 11 is 0. The van der Waals surface area contributed by atoms with Crippen LogP contribution >= 0.6 is 0 Å². The molecule has 1 heterocycles. The van der Waals surface area contributed by atoms with E-state index in [1.54, 1.807) is 6.92 Å². The van der Waals surface area contributed by atoms with E-state index < -0.39 is 15.8 Å². The molecule has 90 valence electrons. The van der Waals surface area contributed by atoms with Gasteiger partial charge in [-0.25, -0.2) is 8.42 Å². The summed E-state index contributed by atoms with van der Waals surface area (Å²) in [6.45, 7) is 2.06. The summed E-state index contributed by atoms with van der Waals surface area (Å²) in [5, 5.41) is 0. The molecule has 0 aromatic rings. The van der Waals surface area contributed by atoms with Crippen molar-refractivity contribution in [3.63, 3.8) is 0 Å². The molecule has 0 amide bonds. The summed E-state index contributed by atoms with van der Waals surface area (Å²) in [7, 11) is -4.42. The molecule has 0 saturated carbocycles. The van der Waals surface area contributed by atoms with E-state index in [0.29, 0.717) is 6.42 Å². The predicted octanol–water partition coefficient (Wildman–Crippen LogP) is 0.598. The normalized spacial score (nSPS) is 26.9. The number of nitrogens with zero attached hydrogens (tertiary/aromatic N) is 1. The number of hydrogen-bond donors (Lipinski definition) is 1. The summed E-state index contributed by atoms with van der Waals surface area (Å²) in [6, 6.07) is -0.166. The van der Waals surface area contributed by atoms with Crippen LogP contribution in [0.3, 0.4) is 0 Å². The van der Waals surface area contributed by atoms with Gasteiger partial charge in [0.2, 0.25) is 0 Å².